The Morgan fingerprint density at radius 1 is 1.28 bits per heavy atom. The van der Waals surface area contributed by atoms with Crippen LogP contribution in [-0.4, -0.2) is 26.5 Å². The maximum absolute atomic E-state index is 12.0. The second-order valence-electron chi connectivity index (χ2n) is 5.04. The maximum atomic E-state index is 12.0. The first-order chi connectivity index (χ1) is 12.1. The van der Waals surface area contributed by atoms with Gasteiger partial charge in [0, 0.05) is 18.0 Å². The minimum atomic E-state index is -0.490. The maximum Gasteiger partial charge on any atom is 0.276 e. The van der Waals surface area contributed by atoms with Crippen molar-refractivity contribution in [2.45, 2.75) is 6.92 Å². The Balaban J connectivity index is 2.13. The molecule has 128 valence electrons. The number of nitrogen functional groups attached to an aromatic ring is 2. The van der Waals surface area contributed by atoms with E-state index in [4.69, 9.17) is 16.3 Å². The summed E-state index contributed by atoms with van der Waals surface area (Å²) < 4.78 is 5.70. The molecule has 0 fully saturated rings. The van der Waals surface area contributed by atoms with Crippen molar-refractivity contribution in [2.24, 2.45) is 5.84 Å². The van der Waals surface area contributed by atoms with Crippen molar-refractivity contribution >= 4 is 11.5 Å². The van der Waals surface area contributed by atoms with Crippen molar-refractivity contribution in [3.8, 4) is 28.5 Å². The average Bonchev–Trinajstić information content (AvgIpc) is 2.65. The highest BCUT2D eigenvalue weighted by Crippen LogP contribution is 2.32. The highest BCUT2D eigenvalue weighted by molar-refractivity contribution is 5.73. The summed E-state index contributed by atoms with van der Waals surface area (Å²) in [6.07, 6.45) is 3.32. The van der Waals surface area contributed by atoms with Crippen LogP contribution in [0.1, 0.15) is 6.92 Å². The predicted octanol–water partition coefficient (Wildman–Crippen LogP) is 1.16. The van der Waals surface area contributed by atoms with Crippen molar-refractivity contribution in [3.05, 3.63) is 47.0 Å². The van der Waals surface area contributed by atoms with E-state index >= 15 is 0 Å². The van der Waals surface area contributed by atoms with Gasteiger partial charge >= 0.3 is 0 Å². The molecule has 3 rings (SSSR count). The van der Waals surface area contributed by atoms with Crippen LogP contribution in [0.3, 0.4) is 0 Å². The standard InChI is InChI=1S/C16H17N7O2/c1-2-25-11-8-9(13-19-6-3-7-20-13)4-5-10(11)14-21-15(23-18)12(17)16(24)22-14/h3-8H,2,17-18H2,1H3,(H2,21,22,23,24). The van der Waals surface area contributed by atoms with E-state index in [0.717, 1.165) is 5.56 Å². The third kappa shape index (κ3) is 3.26. The van der Waals surface area contributed by atoms with Crippen molar-refractivity contribution in [3.63, 3.8) is 0 Å². The molecule has 6 N–H and O–H groups in total. The van der Waals surface area contributed by atoms with Crippen LogP contribution in [0.4, 0.5) is 11.5 Å². The molecule has 0 aliphatic rings. The highest BCUT2D eigenvalue weighted by atomic mass is 16.5. The van der Waals surface area contributed by atoms with Gasteiger partial charge in [-0.05, 0) is 25.1 Å². The summed E-state index contributed by atoms with van der Waals surface area (Å²) in [5, 5.41) is 0. The van der Waals surface area contributed by atoms with Crippen LogP contribution in [-0.2, 0) is 0 Å². The van der Waals surface area contributed by atoms with E-state index in [-0.39, 0.29) is 17.3 Å². The number of H-pyrrole nitrogens is 1. The van der Waals surface area contributed by atoms with E-state index in [1.807, 2.05) is 13.0 Å². The highest BCUT2D eigenvalue weighted by Gasteiger charge is 2.15. The summed E-state index contributed by atoms with van der Waals surface area (Å²) in [6.45, 7) is 2.30. The number of aromatic amines is 1. The van der Waals surface area contributed by atoms with Crippen molar-refractivity contribution < 1.29 is 4.74 Å². The van der Waals surface area contributed by atoms with Crippen molar-refractivity contribution in [1.82, 2.24) is 19.9 Å². The Morgan fingerprint density at radius 2 is 2.04 bits per heavy atom. The van der Waals surface area contributed by atoms with Gasteiger partial charge in [-0.15, -0.1) is 0 Å². The Kier molecular flexibility index (Phi) is 4.57. The second-order valence-corrected chi connectivity index (χ2v) is 5.04. The van der Waals surface area contributed by atoms with Crippen LogP contribution in [0.15, 0.2) is 41.5 Å². The minimum Gasteiger partial charge on any atom is -0.493 e. The van der Waals surface area contributed by atoms with Gasteiger partial charge in [0.2, 0.25) is 0 Å². The summed E-state index contributed by atoms with van der Waals surface area (Å²) in [7, 11) is 0. The van der Waals surface area contributed by atoms with E-state index in [2.05, 4.69) is 25.4 Å². The molecule has 0 radical (unpaired) electrons. The van der Waals surface area contributed by atoms with Crippen molar-refractivity contribution in [1.29, 1.82) is 0 Å². The molecule has 9 heteroatoms. The number of ether oxygens (including phenoxy) is 1. The molecule has 1 aromatic carbocycles. The zero-order valence-corrected chi connectivity index (χ0v) is 13.5. The molecule has 25 heavy (non-hydrogen) atoms. The quantitative estimate of drug-likeness (QED) is 0.400. The second kappa shape index (κ2) is 6.97. The molecule has 0 spiro atoms. The fraction of sp³-hybridized carbons (Fsp3) is 0.125. The third-order valence-corrected chi connectivity index (χ3v) is 3.45. The number of rotatable bonds is 5. The number of nitrogens with two attached hydrogens (primary N) is 2. The monoisotopic (exact) mass is 339 g/mol. The first-order valence-electron chi connectivity index (χ1n) is 7.55. The molecule has 0 saturated carbocycles. The lowest BCUT2D eigenvalue weighted by atomic mass is 10.1. The van der Waals surface area contributed by atoms with Gasteiger partial charge in [0.25, 0.3) is 5.56 Å². The molecule has 0 saturated heterocycles. The zero-order chi connectivity index (χ0) is 17.8. The number of hydrogen-bond acceptors (Lipinski definition) is 8. The Bertz CT molecular complexity index is 941. The predicted molar refractivity (Wildman–Crippen MR) is 94.7 cm³/mol. The number of hydrogen-bond donors (Lipinski definition) is 4. The minimum absolute atomic E-state index is 0.0847. The van der Waals surface area contributed by atoms with E-state index in [1.165, 1.54) is 0 Å². The zero-order valence-electron chi connectivity index (χ0n) is 13.5. The van der Waals surface area contributed by atoms with Gasteiger partial charge in [-0.2, -0.15) is 0 Å². The first-order valence-corrected chi connectivity index (χ1v) is 7.55. The molecule has 0 bridgehead atoms. The van der Waals surface area contributed by atoms with Crippen molar-refractivity contribution in [2.75, 3.05) is 17.8 Å². The van der Waals surface area contributed by atoms with Gasteiger partial charge in [0.1, 0.15) is 17.3 Å². The van der Waals surface area contributed by atoms with Gasteiger partial charge in [-0.1, -0.05) is 6.07 Å². The van der Waals surface area contributed by atoms with Gasteiger partial charge in [0.15, 0.2) is 11.6 Å². The number of nitrogens with one attached hydrogen (secondary N) is 2. The Labute approximate surface area is 143 Å². The van der Waals surface area contributed by atoms with Gasteiger partial charge in [-0.3, -0.25) is 4.79 Å². The van der Waals surface area contributed by atoms with Crippen LogP contribution in [0.5, 0.6) is 5.75 Å². The molecule has 0 unspecified atom stereocenters. The fourth-order valence-corrected chi connectivity index (χ4v) is 2.30. The molecule has 0 aliphatic heterocycles. The van der Waals surface area contributed by atoms with E-state index < -0.39 is 5.56 Å². The largest absolute Gasteiger partial charge is 0.493 e. The van der Waals surface area contributed by atoms with E-state index in [9.17, 15) is 4.79 Å². The lowest BCUT2D eigenvalue weighted by Gasteiger charge is -2.12. The summed E-state index contributed by atoms with van der Waals surface area (Å²) >= 11 is 0. The topological polar surface area (TPSA) is 145 Å². The molecular formula is C16H17N7O2. The smallest absolute Gasteiger partial charge is 0.276 e. The van der Waals surface area contributed by atoms with Crippen LogP contribution in [0.25, 0.3) is 22.8 Å². The van der Waals surface area contributed by atoms with Gasteiger partial charge in [-0.25, -0.2) is 20.8 Å². The molecule has 9 nitrogen and oxygen atoms in total. The van der Waals surface area contributed by atoms with Crippen LogP contribution < -0.4 is 27.3 Å². The SMILES string of the molecule is CCOc1cc(-c2ncccn2)ccc1-c1nc(NN)c(N)c(=O)[nH]1. The van der Waals surface area contributed by atoms with E-state index in [1.54, 1.807) is 30.6 Å². The summed E-state index contributed by atoms with van der Waals surface area (Å²) in [4.78, 5) is 27.3. The normalized spacial score (nSPS) is 10.5. The number of aromatic nitrogens is 4. The molecular weight excluding hydrogens is 322 g/mol. The average molecular weight is 339 g/mol. The van der Waals surface area contributed by atoms with Crippen LogP contribution in [0, 0.1) is 0 Å². The van der Waals surface area contributed by atoms with Gasteiger partial charge < -0.3 is 20.9 Å². The third-order valence-electron chi connectivity index (χ3n) is 3.45. The summed E-state index contributed by atoms with van der Waals surface area (Å²) in [5.74, 6) is 6.85. The number of benzene rings is 1. The molecule has 0 aliphatic carbocycles. The van der Waals surface area contributed by atoms with Crippen LogP contribution >= 0.6 is 0 Å². The Morgan fingerprint density at radius 3 is 2.72 bits per heavy atom. The van der Waals surface area contributed by atoms with Crippen LogP contribution in [0.2, 0.25) is 0 Å². The molecule has 2 aromatic heterocycles. The lowest BCUT2D eigenvalue weighted by Crippen LogP contribution is -2.20. The Hall–Kier alpha value is -3.46. The first kappa shape index (κ1) is 16.4. The number of anilines is 2. The summed E-state index contributed by atoms with van der Waals surface area (Å²) in [6, 6.07) is 7.12. The van der Waals surface area contributed by atoms with Gasteiger partial charge in [0.05, 0.1) is 12.2 Å². The molecule has 0 atom stereocenters. The molecule has 0 amide bonds. The molecule has 3 aromatic rings. The summed E-state index contributed by atoms with van der Waals surface area (Å²) in [5.41, 5.74) is 8.76. The lowest BCUT2D eigenvalue weighted by molar-refractivity contribution is 0.341. The van der Waals surface area contributed by atoms with E-state index in [0.29, 0.717) is 23.7 Å². The molecule has 2 heterocycles. The number of hydrazine groups is 1. The fourth-order valence-electron chi connectivity index (χ4n) is 2.30. The number of nitrogens with zero attached hydrogens (tertiary/aromatic N) is 3.